The van der Waals surface area contributed by atoms with Crippen molar-refractivity contribution in [2.24, 2.45) is 0 Å². The van der Waals surface area contributed by atoms with Gasteiger partial charge in [-0.3, -0.25) is 9.59 Å². The number of nitrogens with zero attached hydrogens (tertiary/aromatic N) is 1. The monoisotopic (exact) mass is 478 g/mol. The second-order valence-electron chi connectivity index (χ2n) is 7.90. The number of hydrogen-bond acceptors (Lipinski definition) is 5. The Labute approximate surface area is 195 Å². The van der Waals surface area contributed by atoms with Crippen molar-refractivity contribution < 1.29 is 27.1 Å². The third-order valence-corrected chi connectivity index (χ3v) is 7.29. The van der Waals surface area contributed by atoms with Gasteiger partial charge in [-0.15, -0.1) is 0 Å². The van der Waals surface area contributed by atoms with E-state index in [1.165, 1.54) is 26.1 Å². The van der Waals surface area contributed by atoms with Gasteiger partial charge in [-0.25, -0.2) is 17.1 Å². The van der Waals surface area contributed by atoms with E-state index in [2.05, 4.69) is 19.2 Å². The summed E-state index contributed by atoms with van der Waals surface area (Å²) in [6.07, 6.45) is 0.0804. The molecule has 0 bridgehead atoms. The summed E-state index contributed by atoms with van der Waals surface area (Å²) in [6, 6.07) is 12.0. The standard InChI is InChI=1S/C24H31FN2O5S/c1-5-17(2)21-9-6-7-10-22(21)26-24(29)18(3)32-23(28)11-8-16-27(4)33(30,31)20-14-12-19(25)13-15-20/h6-7,9-10,12-15,17-18H,5,8,11,16H2,1-4H3,(H,26,29). The maximum Gasteiger partial charge on any atom is 0.306 e. The normalized spacial score (nSPS) is 13.4. The highest BCUT2D eigenvalue weighted by molar-refractivity contribution is 7.89. The topological polar surface area (TPSA) is 92.8 Å². The van der Waals surface area contributed by atoms with Crippen LogP contribution in [0.15, 0.2) is 53.4 Å². The van der Waals surface area contributed by atoms with E-state index in [0.717, 1.165) is 28.4 Å². The second kappa shape index (κ2) is 11.9. The molecule has 2 rings (SSSR count). The molecule has 0 fully saturated rings. The number of sulfonamides is 1. The van der Waals surface area contributed by atoms with Gasteiger partial charge in [0.2, 0.25) is 10.0 Å². The number of hydrogen-bond donors (Lipinski definition) is 1. The molecule has 2 aromatic rings. The molecule has 0 spiro atoms. The molecular formula is C24H31FN2O5S. The van der Waals surface area contributed by atoms with Crippen molar-refractivity contribution in [1.82, 2.24) is 4.31 Å². The summed E-state index contributed by atoms with van der Waals surface area (Å²) in [5, 5.41) is 2.82. The van der Waals surface area contributed by atoms with Crippen LogP contribution in [0.5, 0.6) is 0 Å². The molecule has 1 N–H and O–H groups in total. The molecule has 7 nitrogen and oxygen atoms in total. The fourth-order valence-electron chi connectivity index (χ4n) is 3.16. The van der Waals surface area contributed by atoms with Gasteiger partial charge in [0.15, 0.2) is 6.10 Å². The number of carbonyl (C=O) groups excluding carboxylic acids is 2. The molecule has 2 atom stereocenters. The maximum atomic E-state index is 13.0. The highest BCUT2D eigenvalue weighted by Gasteiger charge is 2.22. The SMILES string of the molecule is CCC(C)c1ccccc1NC(=O)C(C)OC(=O)CCCN(C)S(=O)(=O)c1ccc(F)cc1. The number of benzene rings is 2. The Bertz CT molecular complexity index is 1060. The maximum absolute atomic E-state index is 13.0. The predicted molar refractivity (Wildman–Crippen MR) is 125 cm³/mol. The van der Waals surface area contributed by atoms with Gasteiger partial charge in [-0.05, 0) is 61.6 Å². The minimum Gasteiger partial charge on any atom is -0.453 e. The Morgan fingerprint density at radius 3 is 2.36 bits per heavy atom. The molecule has 180 valence electrons. The number of halogens is 1. The van der Waals surface area contributed by atoms with Crippen LogP contribution in [0.4, 0.5) is 10.1 Å². The highest BCUT2D eigenvalue weighted by Crippen LogP contribution is 2.26. The minimum atomic E-state index is -3.79. The van der Waals surface area contributed by atoms with Gasteiger partial charge in [-0.1, -0.05) is 32.0 Å². The number of nitrogens with one attached hydrogen (secondary N) is 1. The predicted octanol–water partition coefficient (Wildman–Crippen LogP) is 4.31. The number of esters is 1. The summed E-state index contributed by atoms with van der Waals surface area (Å²) in [4.78, 5) is 24.6. The van der Waals surface area contributed by atoms with E-state index in [-0.39, 0.29) is 30.2 Å². The number of carbonyl (C=O) groups is 2. The molecule has 2 unspecified atom stereocenters. The summed E-state index contributed by atoms with van der Waals surface area (Å²) in [5.41, 5.74) is 1.70. The first-order valence-corrected chi connectivity index (χ1v) is 12.3. The summed E-state index contributed by atoms with van der Waals surface area (Å²) < 4.78 is 44.3. The first-order chi connectivity index (χ1) is 15.6. The highest BCUT2D eigenvalue weighted by atomic mass is 32.2. The van der Waals surface area contributed by atoms with Gasteiger partial charge >= 0.3 is 5.97 Å². The van der Waals surface area contributed by atoms with Gasteiger partial charge in [0.1, 0.15) is 5.82 Å². The summed E-state index contributed by atoms with van der Waals surface area (Å²) in [5.74, 6) is -1.29. The van der Waals surface area contributed by atoms with Crippen LogP contribution in [0.25, 0.3) is 0 Å². The zero-order valence-electron chi connectivity index (χ0n) is 19.4. The molecule has 33 heavy (non-hydrogen) atoms. The summed E-state index contributed by atoms with van der Waals surface area (Å²) >= 11 is 0. The molecular weight excluding hydrogens is 447 g/mol. The average molecular weight is 479 g/mol. The van der Waals surface area contributed by atoms with Crippen molar-refractivity contribution >= 4 is 27.6 Å². The van der Waals surface area contributed by atoms with Crippen molar-refractivity contribution in [3.05, 3.63) is 59.9 Å². The molecule has 0 aromatic heterocycles. The van der Waals surface area contributed by atoms with Gasteiger partial charge in [0.25, 0.3) is 5.91 Å². The second-order valence-corrected chi connectivity index (χ2v) is 9.95. The Balaban J connectivity index is 1.84. The van der Waals surface area contributed by atoms with Gasteiger partial charge in [-0.2, -0.15) is 0 Å². The molecule has 1 amide bonds. The number of para-hydroxylation sites is 1. The summed E-state index contributed by atoms with van der Waals surface area (Å²) in [6.45, 7) is 5.69. The Morgan fingerprint density at radius 2 is 1.73 bits per heavy atom. The Kier molecular flexibility index (Phi) is 9.55. The zero-order chi connectivity index (χ0) is 24.6. The fraction of sp³-hybridized carbons (Fsp3) is 0.417. The molecule has 0 saturated heterocycles. The Morgan fingerprint density at radius 1 is 1.09 bits per heavy atom. The van der Waals surface area contributed by atoms with Crippen LogP contribution in [0.3, 0.4) is 0 Å². The lowest BCUT2D eigenvalue weighted by Gasteiger charge is -2.19. The van der Waals surface area contributed by atoms with Crippen LogP contribution in [-0.4, -0.2) is 44.3 Å². The number of anilines is 1. The number of amides is 1. The van der Waals surface area contributed by atoms with Crippen LogP contribution in [0.2, 0.25) is 0 Å². The molecule has 0 aliphatic rings. The molecule has 2 aromatic carbocycles. The van der Waals surface area contributed by atoms with Crippen molar-refractivity contribution in [1.29, 1.82) is 0 Å². The third kappa shape index (κ3) is 7.36. The Hall–Kier alpha value is -2.78. The smallest absolute Gasteiger partial charge is 0.306 e. The van der Waals surface area contributed by atoms with E-state index in [1.54, 1.807) is 0 Å². The van der Waals surface area contributed by atoms with Crippen LogP contribution < -0.4 is 5.32 Å². The molecule has 0 heterocycles. The van der Waals surface area contributed by atoms with Crippen LogP contribution >= 0.6 is 0 Å². The van der Waals surface area contributed by atoms with Crippen molar-refractivity contribution in [3.63, 3.8) is 0 Å². The first kappa shape index (κ1) is 26.5. The number of ether oxygens (including phenoxy) is 1. The van der Waals surface area contributed by atoms with Gasteiger partial charge in [0, 0.05) is 25.7 Å². The summed E-state index contributed by atoms with van der Waals surface area (Å²) in [7, 11) is -2.40. The van der Waals surface area contributed by atoms with Gasteiger partial charge < -0.3 is 10.1 Å². The van der Waals surface area contributed by atoms with E-state index in [9.17, 15) is 22.4 Å². The largest absolute Gasteiger partial charge is 0.453 e. The lowest BCUT2D eigenvalue weighted by atomic mass is 9.97. The lowest BCUT2D eigenvalue weighted by molar-refractivity contribution is -0.153. The quantitative estimate of drug-likeness (QED) is 0.486. The molecule has 9 heteroatoms. The third-order valence-electron chi connectivity index (χ3n) is 5.42. The van der Waals surface area contributed by atoms with Crippen LogP contribution in [0, 0.1) is 5.82 Å². The van der Waals surface area contributed by atoms with E-state index in [4.69, 9.17) is 4.74 Å². The van der Waals surface area contributed by atoms with E-state index in [1.807, 2.05) is 24.3 Å². The molecule has 0 aliphatic heterocycles. The van der Waals surface area contributed by atoms with Crippen LogP contribution in [0.1, 0.15) is 51.5 Å². The van der Waals surface area contributed by atoms with Gasteiger partial charge in [0.05, 0.1) is 4.90 Å². The fourth-order valence-corrected chi connectivity index (χ4v) is 4.37. The van der Waals surface area contributed by atoms with Crippen molar-refractivity contribution in [2.45, 2.75) is 57.0 Å². The molecule has 0 radical (unpaired) electrons. The van der Waals surface area contributed by atoms with E-state index in [0.29, 0.717) is 5.69 Å². The zero-order valence-corrected chi connectivity index (χ0v) is 20.2. The minimum absolute atomic E-state index is 0.0306. The van der Waals surface area contributed by atoms with Crippen molar-refractivity contribution in [2.75, 3.05) is 18.9 Å². The lowest BCUT2D eigenvalue weighted by Crippen LogP contribution is -2.31. The first-order valence-electron chi connectivity index (χ1n) is 10.9. The van der Waals surface area contributed by atoms with E-state index < -0.39 is 33.8 Å². The molecule has 0 saturated carbocycles. The average Bonchev–Trinajstić information content (AvgIpc) is 2.79. The molecule has 0 aliphatic carbocycles. The van der Waals surface area contributed by atoms with E-state index >= 15 is 0 Å². The van der Waals surface area contributed by atoms with Crippen molar-refractivity contribution in [3.8, 4) is 0 Å². The van der Waals surface area contributed by atoms with Crippen LogP contribution in [-0.2, 0) is 24.3 Å². The number of rotatable bonds is 11.